The molecule has 6 fully saturated rings. The van der Waals surface area contributed by atoms with Crippen molar-refractivity contribution in [3.63, 3.8) is 0 Å². The zero-order valence-electron chi connectivity index (χ0n) is 17.3. The molecular formula is C23H29N3O3S. The summed E-state index contributed by atoms with van der Waals surface area (Å²) in [5, 5.41) is 13.4. The number of aromatic nitrogens is 1. The summed E-state index contributed by atoms with van der Waals surface area (Å²) in [5.41, 5.74) is 0.674. The molecule has 3 atom stereocenters. The summed E-state index contributed by atoms with van der Waals surface area (Å²) in [4.78, 5) is 31.4. The first-order chi connectivity index (χ1) is 14.5. The van der Waals surface area contributed by atoms with Crippen LogP contribution < -0.4 is 10.2 Å². The molecule has 7 rings (SSSR count). The molecule has 160 valence electrons. The van der Waals surface area contributed by atoms with Crippen LogP contribution in [0.25, 0.3) is 0 Å². The highest BCUT2D eigenvalue weighted by atomic mass is 32.2. The van der Waals surface area contributed by atoms with Crippen molar-refractivity contribution in [3.05, 3.63) is 17.7 Å². The number of hydrogen-bond donors (Lipinski definition) is 2. The van der Waals surface area contributed by atoms with E-state index in [1.807, 2.05) is 18.4 Å². The third-order valence-corrected chi connectivity index (χ3v) is 9.31. The van der Waals surface area contributed by atoms with E-state index in [0.717, 1.165) is 35.8 Å². The second kappa shape index (κ2) is 6.87. The van der Waals surface area contributed by atoms with Gasteiger partial charge in [0.1, 0.15) is 10.8 Å². The summed E-state index contributed by atoms with van der Waals surface area (Å²) in [5.74, 6) is 3.66. The number of hydrogen-bond acceptors (Lipinski definition) is 5. The molecule has 1 amide bonds. The van der Waals surface area contributed by atoms with Crippen LogP contribution in [0.4, 0.5) is 5.82 Å². The van der Waals surface area contributed by atoms with E-state index in [1.54, 1.807) is 0 Å². The average Bonchev–Trinajstić information content (AvgIpc) is 3.24. The fraction of sp³-hybridized carbons (Fsp3) is 0.696. The minimum atomic E-state index is -0.667. The van der Waals surface area contributed by atoms with Gasteiger partial charge in [-0.25, -0.2) is 4.98 Å². The molecule has 1 aliphatic heterocycles. The van der Waals surface area contributed by atoms with Crippen molar-refractivity contribution in [3.8, 4) is 0 Å². The Morgan fingerprint density at radius 1 is 1.07 bits per heavy atom. The van der Waals surface area contributed by atoms with Gasteiger partial charge in [0.25, 0.3) is 5.91 Å². The maximum absolute atomic E-state index is 13.2. The van der Waals surface area contributed by atoms with E-state index in [9.17, 15) is 14.7 Å². The molecule has 5 aliphatic carbocycles. The first-order valence-electron chi connectivity index (χ1n) is 11.4. The number of nitrogens with one attached hydrogen (secondary N) is 1. The Morgan fingerprint density at radius 3 is 2.27 bits per heavy atom. The maximum atomic E-state index is 13.2. The van der Waals surface area contributed by atoms with Crippen LogP contribution in [0.15, 0.2) is 17.2 Å². The molecule has 1 aromatic heterocycles. The van der Waals surface area contributed by atoms with Crippen molar-refractivity contribution in [1.29, 1.82) is 0 Å². The third-order valence-electron chi connectivity index (χ3n) is 8.61. The van der Waals surface area contributed by atoms with Gasteiger partial charge in [-0.3, -0.25) is 9.59 Å². The van der Waals surface area contributed by atoms with Gasteiger partial charge in [-0.1, -0.05) is 0 Å². The fourth-order valence-corrected chi connectivity index (χ4v) is 7.97. The number of thioether (sulfide) groups is 1. The van der Waals surface area contributed by atoms with Crippen molar-refractivity contribution < 1.29 is 14.7 Å². The van der Waals surface area contributed by atoms with Gasteiger partial charge in [-0.2, -0.15) is 0 Å². The maximum Gasteiger partial charge on any atom is 0.307 e. The Bertz CT molecular complexity index is 866. The predicted octanol–water partition coefficient (Wildman–Crippen LogP) is 3.12. The standard InChI is InChI=1S/C23H29N3O3S/c1-30-22-15(2-3-18(24-22)26-9-16-17(10-26)19(16)23(28)29)21(27)25-20-13-5-11-4-12(7-13)8-14(20)6-11/h2-3,11-14,16-17,19-20H,4-10H2,1H3,(H,25,27)(H,28,29)/t11?,12?,13?,14?,16-,17+,19+,20?. The molecule has 7 heteroatoms. The van der Waals surface area contributed by atoms with Crippen molar-refractivity contribution in [2.24, 2.45) is 41.4 Å². The lowest BCUT2D eigenvalue weighted by atomic mass is 9.54. The second-order valence-electron chi connectivity index (χ2n) is 10.3. The lowest BCUT2D eigenvalue weighted by Gasteiger charge is -2.54. The minimum absolute atomic E-state index is 0.0195. The summed E-state index contributed by atoms with van der Waals surface area (Å²) in [6, 6.07) is 4.18. The number of aliphatic carboxylic acids is 1. The van der Waals surface area contributed by atoms with Crippen LogP contribution in [0.5, 0.6) is 0 Å². The predicted molar refractivity (Wildman–Crippen MR) is 115 cm³/mol. The number of carbonyl (C=O) groups is 2. The van der Waals surface area contributed by atoms with E-state index < -0.39 is 5.97 Å². The van der Waals surface area contributed by atoms with E-state index in [1.165, 1.54) is 43.9 Å². The molecule has 5 saturated carbocycles. The summed E-state index contributed by atoms with van der Waals surface area (Å²) in [6.45, 7) is 1.50. The zero-order valence-corrected chi connectivity index (χ0v) is 18.1. The van der Waals surface area contributed by atoms with Crippen LogP contribution in [0, 0.1) is 41.4 Å². The minimum Gasteiger partial charge on any atom is -0.481 e. The van der Waals surface area contributed by atoms with Gasteiger partial charge in [0, 0.05) is 19.1 Å². The summed E-state index contributed by atoms with van der Waals surface area (Å²) in [6.07, 6.45) is 8.55. The smallest absolute Gasteiger partial charge is 0.307 e. The number of piperidine rings is 1. The number of nitrogens with zero attached hydrogens (tertiary/aromatic N) is 2. The van der Waals surface area contributed by atoms with Crippen LogP contribution in [-0.2, 0) is 4.79 Å². The number of carboxylic acids is 1. The van der Waals surface area contributed by atoms with Gasteiger partial charge in [0.15, 0.2) is 0 Å². The number of pyridine rings is 1. The van der Waals surface area contributed by atoms with E-state index in [0.29, 0.717) is 23.4 Å². The van der Waals surface area contributed by atoms with Crippen molar-refractivity contribution in [2.75, 3.05) is 24.2 Å². The van der Waals surface area contributed by atoms with Crippen LogP contribution in [0.3, 0.4) is 0 Å². The molecule has 0 unspecified atom stereocenters. The molecule has 6 nitrogen and oxygen atoms in total. The third kappa shape index (κ3) is 2.95. The van der Waals surface area contributed by atoms with E-state index in [-0.39, 0.29) is 23.7 Å². The van der Waals surface area contributed by atoms with E-state index in [2.05, 4.69) is 10.2 Å². The van der Waals surface area contributed by atoms with Gasteiger partial charge < -0.3 is 15.3 Å². The molecule has 0 aromatic carbocycles. The lowest BCUT2D eigenvalue weighted by molar-refractivity contribution is -0.139. The first-order valence-corrected chi connectivity index (χ1v) is 12.6. The van der Waals surface area contributed by atoms with Gasteiger partial charge in [0.05, 0.1) is 11.5 Å². The average molecular weight is 428 g/mol. The monoisotopic (exact) mass is 427 g/mol. The SMILES string of the molecule is CSc1nc(N2C[C@@H]3[C@H](C2)[C@H]3C(=O)O)ccc1C(=O)NC1C2CC3CC(C2)CC1C3. The highest BCUT2D eigenvalue weighted by molar-refractivity contribution is 7.98. The number of fused-ring (bicyclic) bond motifs is 1. The van der Waals surface area contributed by atoms with Crippen LogP contribution in [0.1, 0.15) is 42.5 Å². The number of anilines is 1. The van der Waals surface area contributed by atoms with Crippen LogP contribution in [-0.4, -0.2) is 47.4 Å². The molecule has 1 aromatic rings. The second-order valence-corrected chi connectivity index (χ2v) is 11.0. The highest BCUT2D eigenvalue weighted by Crippen LogP contribution is 2.54. The van der Waals surface area contributed by atoms with E-state index in [4.69, 9.17) is 4.98 Å². The van der Waals surface area contributed by atoms with Crippen molar-refractivity contribution >= 4 is 29.5 Å². The van der Waals surface area contributed by atoms with Gasteiger partial charge >= 0.3 is 5.97 Å². The van der Waals surface area contributed by atoms with Crippen LogP contribution >= 0.6 is 11.8 Å². The fourth-order valence-electron chi connectivity index (χ4n) is 7.40. The van der Waals surface area contributed by atoms with Gasteiger partial charge in [-0.05, 0) is 86.0 Å². The molecule has 30 heavy (non-hydrogen) atoms. The molecule has 0 radical (unpaired) electrons. The summed E-state index contributed by atoms with van der Waals surface area (Å²) >= 11 is 1.51. The van der Waals surface area contributed by atoms with E-state index >= 15 is 0 Å². The van der Waals surface area contributed by atoms with Gasteiger partial charge in [-0.15, -0.1) is 11.8 Å². The number of carboxylic acid groups (broad SMARTS) is 1. The van der Waals surface area contributed by atoms with Crippen molar-refractivity contribution in [1.82, 2.24) is 10.3 Å². The largest absolute Gasteiger partial charge is 0.481 e. The first kappa shape index (κ1) is 19.0. The Balaban J connectivity index is 1.16. The lowest BCUT2D eigenvalue weighted by Crippen LogP contribution is -2.55. The molecule has 0 spiro atoms. The van der Waals surface area contributed by atoms with Crippen molar-refractivity contribution in [2.45, 2.75) is 43.2 Å². The number of amides is 1. The quantitative estimate of drug-likeness (QED) is 0.703. The Kier molecular flexibility index (Phi) is 4.34. The number of rotatable bonds is 5. The number of carbonyl (C=O) groups excluding carboxylic acids is 1. The highest BCUT2D eigenvalue weighted by Gasteiger charge is 2.60. The topological polar surface area (TPSA) is 82.5 Å². The Hall–Kier alpha value is -1.76. The van der Waals surface area contributed by atoms with Gasteiger partial charge in [0.2, 0.25) is 0 Å². The normalized spacial score (nSPS) is 40.4. The summed E-state index contributed by atoms with van der Waals surface area (Å²) < 4.78 is 0. The molecular weight excluding hydrogens is 398 g/mol. The Morgan fingerprint density at radius 2 is 1.70 bits per heavy atom. The molecule has 1 saturated heterocycles. The van der Waals surface area contributed by atoms with Crippen LogP contribution in [0.2, 0.25) is 0 Å². The molecule has 2 heterocycles. The molecule has 4 bridgehead atoms. The zero-order chi connectivity index (χ0) is 20.6. The molecule has 2 N–H and O–H groups in total. The summed E-state index contributed by atoms with van der Waals surface area (Å²) in [7, 11) is 0. The molecule has 6 aliphatic rings. The Labute approximate surface area is 181 Å².